The summed E-state index contributed by atoms with van der Waals surface area (Å²) in [5.41, 5.74) is 0.585. The second-order valence-corrected chi connectivity index (χ2v) is 9.36. The Labute approximate surface area is 198 Å². The largest absolute Gasteiger partial charge is 0.454 e. The van der Waals surface area contributed by atoms with Gasteiger partial charge in [0.1, 0.15) is 16.7 Å². The van der Waals surface area contributed by atoms with Gasteiger partial charge < -0.3 is 15.0 Å². The van der Waals surface area contributed by atoms with E-state index in [2.05, 4.69) is 50.7 Å². The molecule has 2 unspecified atom stereocenters. The summed E-state index contributed by atoms with van der Waals surface area (Å²) in [4.78, 5) is 2.78. The molecular weight excluding hydrogens is 418 g/mol. The molecule has 5 nitrogen and oxygen atoms in total. The molecule has 180 valence electrons. The van der Waals surface area contributed by atoms with Crippen LogP contribution in [0.4, 0.5) is 0 Å². The molecule has 1 rings (SSSR count). The molecule has 0 saturated heterocycles. The summed E-state index contributed by atoms with van der Waals surface area (Å²) < 4.78 is 18.6. The summed E-state index contributed by atoms with van der Waals surface area (Å²) in [7, 11) is 0.432. The number of nitrogens with zero attached hydrogens (tertiary/aromatic N) is 1. The van der Waals surface area contributed by atoms with E-state index in [1.807, 2.05) is 36.4 Å². The van der Waals surface area contributed by atoms with Crippen molar-refractivity contribution in [3.05, 3.63) is 65.4 Å². The smallest absolute Gasteiger partial charge is 0.167 e. The van der Waals surface area contributed by atoms with Crippen molar-refractivity contribution in [1.29, 1.82) is 0 Å². The summed E-state index contributed by atoms with van der Waals surface area (Å²) in [6, 6.07) is 9.43. The summed E-state index contributed by atoms with van der Waals surface area (Å²) in [5, 5.41) is 9.15. The molecule has 0 saturated carbocycles. The number of unbranched alkanes of at least 4 members (excludes halogenated alkanes) is 4. The maximum Gasteiger partial charge on any atom is 0.167 e. The fourth-order valence-electron chi connectivity index (χ4n) is 3.30. The average molecular weight is 462 g/mol. The van der Waals surface area contributed by atoms with E-state index >= 15 is 0 Å². The number of ether oxygens (including phenoxy) is 1. The van der Waals surface area contributed by atoms with Crippen molar-refractivity contribution in [2.24, 2.45) is 11.1 Å². The van der Waals surface area contributed by atoms with Crippen molar-refractivity contribution in [3.63, 3.8) is 0 Å². The zero-order valence-electron chi connectivity index (χ0n) is 20.4. The minimum atomic E-state index is -1.72. The molecule has 0 aliphatic rings. The van der Waals surface area contributed by atoms with E-state index in [9.17, 15) is 4.21 Å². The predicted molar refractivity (Wildman–Crippen MR) is 138 cm³/mol. The van der Waals surface area contributed by atoms with Gasteiger partial charge in [0.05, 0.1) is 10.6 Å². The maximum absolute atomic E-state index is 12.5. The first-order valence-corrected chi connectivity index (χ1v) is 13.0. The van der Waals surface area contributed by atoms with E-state index in [1.165, 1.54) is 25.7 Å². The van der Waals surface area contributed by atoms with Crippen molar-refractivity contribution < 1.29 is 8.95 Å². The Morgan fingerprint density at radius 1 is 1.19 bits per heavy atom. The molecule has 1 aromatic rings. The van der Waals surface area contributed by atoms with Gasteiger partial charge in [-0.1, -0.05) is 77.3 Å². The lowest BCUT2D eigenvalue weighted by atomic mass is 10.1. The molecule has 0 amide bonds. The number of allylic oxidation sites excluding steroid dienone is 1. The van der Waals surface area contributed by atoms with Crippen LogP contribution < -0.4 is 15.2 Å². The van der Waals surface area contributed by atoms with Gasteiger partial charge in [0.2, 0.25) is 0 Å². The zero-order valence-corrected chi connectivity index (χ0v) is 21.3. The average Bonchev–Trinajstić information content (AvgIpc) is 2.76. The lowest BCUT2D eigenvalue weighted by Gasteiger charge is -2.20. The van der Waals surface area contributed by atoms with Gasteiger partial charge in [-0.05, 0) is 50.6 Å². The molecule has 6 heteroatoms. The van der Waals surface area contributed by atoms with Crippen LogP contribution in [0.1, 0.15) is 59.3 Å². The van der Waals surface area contributed by atoms with Crippen LogP contribution in [0.15, 0.2) is 65.4 Å². The lowest BCUT2D eigenvalue weighted by Crippen LogP contribution is -2.25. The van der Waals surface area contributed by atoms with Crippen molar-refractivity contribution in [1.82, 2.24) is 10.2 Å². The number of benzene rings is 1. The minimum absolute atomic E-state index is 0.281. The third-order valence-electron chi connectivity index (χ3n) is 5.12. The molecule has 0 aliphatic carbocycles. The second-order valence-electron chi connectivity index (χ2n) is 8.32. The molecule has 1 aromatic carbocycles. The van der Waals surface area contributed by atoms with E-state index in [0.717, 1.165) is 32.5 Å². The van der Waals surface area contributed by atoms with Crippen LogP contribution in [0.3, 0.4) is 0 Å². The van der Waals surface area contributed by atoms with Crippen LogP contribution in [0.25, 0.3) is 0 Å². The topological polar surface area (TPSA) is 67.6 Å². The maximum atomic E-state index is 12.5. The van der Waals surface area contributed by atoms with E-state index in [4.69, 9.17) is 9.88 Å². The van der Waals surface area contributed by atoms with Gasteiger partial charge in [0.15, 0.2) is 5.76 Å². The predicted octanol–water partition coefficient (Wildman–Crippen LogP) is 5.51. The summed E-state index contributed by atoms with van der Waals surface area (Å²) in [6.07, 6.45) is 11.0. The Hall–Kier alpha value is -1.89. The van der Waals surface area contributed by atoms with Gasteiger partial charge in [-0.15, -0.1) is 0 Å². The molecule has 0 fully saturated rings. The van der Waals surface area contributed by atoms with Gasteiger partial charge in [-0.3, -0.25) is 0 Å². The third kappa shape index (κ3) is 11.7. The number of rotatable bonds is 17. The van der Waals surface area contributed by atoms with E-state index < -0.39 is 11.0 Å². The summed E-state index contributed by atoms with van der Waals surface area (Å²) >= 11 is 0. The van der Waals surface area contributed by atoms with Crippen LogP contribution in [-0.4, -0.2) is 35.8 Å². The van der Waals surface area contributed by atoms with Crippen LogP contribution in [-0.2, 0) is 11.0 Å². The van der Waals surface area contributed by atoms with Crippen LogP contribution in [0.5, 0.6) is 5.75 Å². The number of nitrogens with one attached hydrogen (secondary N) is 1. The Morgan fingerprint density at radius 2 is 1.88 bits per heavy atom. The highest BCUT2D eigenvalue weighted by molar-refractivity contribution is 7.87. The van der Waals surface area contributed by atoms with E-state index in [-0.39, 0.29) is 5.92 Å². The Bertz CT molecular complexity index is 747. The van der Waals surface area contributed by atoms with Crippen LogP contribution >= 0.6 is 0 Å². The normalized spacial score (nSPS) is 14.3. The lowest BCUT2D eigenvalue weighted by molar-refractivity contribution is 0.300. The molecule has 0 spiro atoms. The Morgan fingerprint density at radius 3 is 2.50 bits per heavy atom. The molecule has 0 aliphatic heterocycles. The van der Waals surface area contributed by atoms with Gasteiger partial charge in [-0.2, -0.15) is 0 Å². The van der Waals surface area contributed by atoms with Gasteiger partial charge >= 0.3 is 0 Å². The number of hydrogen-bond donors (Lipinski definition) is 2. The van der Waals surface area contributed by atoms with E-state index in [1.54, 1.807) is 0 Å². The molecule has 2 atom stereocenters. The zero-order chi connectivity index (χ0) is 23.8. The fourth-order valence-corrected chi connectivity index (χ4v) is 3.86. The van der Waals surface area contributed by atoms with Gasteiger partial charge in [-0.25, -0.2) is 9.35 Å². The molecule has 0 aromatic heterocycles. The highest BCUT2D eigenvalue weighted by Crippen LogP contribution is 2.22. The quantitative estimate of drug-likeness (QED) is 0.182. The van der Waals surface area contributed by atoms with Crippen molar-refractivity contribution in [2.45, 2.75) is 59.3 Å². The van der Waals surface area contributed by atoms with Gasteiger partial charge in [0.25, 0.3) is 0 Å². The van der Waals surface area contributed by atoms with E-state index in [0.29, 0.717) is 22.1 Å². The SMILES string of the molecule is C=C(NCCCC)/C(Oc1ccccc1)=C(\C=CC(C)CN(C)CCCCCC)S(N)=O. The van der Waals surface area contributed by atoms with Crippen molar-refractivity contribution >= 4 is 11.0 Å². The monoisotopic (exact) mass is 461 g/mol. The van der Waals surface area contributed by atoms with Crippen LogP contribution in [0.2, 0.25) is 0 Å². The highest BCUT2D eigenvalue weighted by atomic mass is 32.2. The van der Waals surface area contributed by atoms with Crippen molar-refractivity contribution in [3.8, 4) is 5.75 Å². The number of nitrogens with two attached hydrogens (primary N) is 1. The fraction of sp³-hybridized carbons (Fsp3) is 0.538. The van der Waals surface area contributed by atoms with Crippen molar-refractivity contribution in [2.75, 3.05) is 26.7 Å². The second kappa shape index (κ2) is 16.7. The van der Waals surface area contributed by atoms with Crippen LogP contribution in [0, 0.1) is 5.92 Å². The Balaban J connectivity index is 2.98. The molecule has 32 heavy (non-hydrogen) atoms. The first-order valence-electron chi connectivity index (χ1n) is 11.8. The first kappa shape index (κ1) is 28.1. The molecule has 0 radical (unpaired) electrons. The Kier molecular flexibility index (Phi) is 14.7. The molecular formula is C26H43N3O2S. The molecule has 0 bridgehead atoms. The number of hydrogen-bond acceptors (Lipinski definition) is 4. The molecule has 0 heterocycles. The standard InChI is InChI=1S/C26H43N3O2S/c1-6-8-10-14-20-29(5)21-22(3)17-18-25(32(27)30)26(23(4)28-19-9-7-2)31-24-15-12-11-13-16-24/h11-13,15-18,22,28H,4,6-10,14,19-21,27H2,1-3,5H3/b18-17?,26-25-. The highest BCUT2D eigenvalue weighted by Gasteiger charge is 2.16. The first-order chi connectivity index (χ1) is 15.4. The minimum Gasteiger partial charge on any atom is -0.454 e. The third-order valence-corrected chi connectivity index (χ3v) is 5.87. The molecule has 3 N–H and O–H groups in total. The van der Waals surface area contributed by atoms with Gasteiger partial charge in [0, 0.05) is 13.1 Å². The summed E-state index contributed by atoms with van der Waals surface area (Å²) in [6.45, 7) is 13.4. The summed E-state index contributed by atoms with van der Waals surface area (Å²) in [5.74, 6) is 1.35. The number of para-hydroxylation sites is 1.